The van der Waals surface area contributed by atoms with E-state index in [-0.39, 0.29) is 5.91 Å². The average molecular weight is 171 g/mol. The van der Waals surface area contributed by atoms with E-state index in [4.69, 9.17) is 5.73 Å². The van der Waals surface area contributed by atoms with E-state index in [0.29, 0.717) is 19.5 Å². The van der Waals surface area contributed by atoms with Crippen LogP contribution in [0.2, 0.25) is 0 Å². The molecule has 0 aliphatic carbocycles. The molecule has 0 aromatic carbocycles. The minimum atomic E-state index is 0.0295. The number of nitrogens with two attached hydrogens (primary N) is 1. The predicted molar refractivity (Wildman–Crippen MR) is 49.3 cm³/mol. The van der Waals surface area contributed by atoms with Gasteiger partial charge >= 0.3 is 0 Å². The molecule has 0 bridgehead atoms. The highest BCUT2D eigenvalue weighted by Gasteiger charge is 2.10. The lowest BCUT2D eigenvalue weighted by molar-refractivity contribution is -0.142. The highest BCUT2D eigenvalue weighted by atomic mass is 16.2. The monoisotopic (exact) mass is 171 g/mol. The number of nitrogens with zero attached hydrogens (tertiary/aromatic N) is 2. The zero-order valence-corrected chi connectivity index (χ0v) is 7.79. The number of hydrogen-bond acceptors (Lipinski definition) is 3. The molecule has 4 heteroatoms. The van der Waals surface area contributed by atoms with Crippen LogP contribution in [0, 0.1) is 0 Å². The molecule has 0 spiro atoms. The first-order valence-corrected chi connectivity index (χ1v) is 3.92. The summed E-state index contributed by atoms with van der Waals surface area (Å²) in [6.45, 7) is 4.64. The van der Waals surface area contributed by atoms with Gasteiger partial charge in [-0.25, -0.2) is 5.01 Å². The average Bonchev–Trinajstić information content (AvgIpc) is 2.04. The number of hydrazine groups is 1. The summed E-state index contributed by atoms with van der Waals surface area (Å²) in [5.74, 6) is 0.0295. The summed E-state index contributed by atoms with van der Waals surface area (Å²) in [6, 6.07) is 0. The number of carbonyl (C=O) groups is 1. The van der Waals surface area contributed by atoms with Crippen LogP contribution in [0.4, 0.5) is 0 Å². The molecule has 0 aromatic rings. The number of amides is 1. The smallest absolute Gasteiger partial charge is 0.237 e. The van der Waals surface area contributed by atoms with E-state index in [0.717, 1.165) is 0 Å². The van der Waals surface area contributed by atoms with E-state index in [2.05, 4.69) is 6.58 Å². The maximum atomic E-state index is 11.2. The van der Waals surface area contributed by atoms with Crippen molar-refractivity contribution in [1.82, 2.24) is 10.0 Å². The lowest BCUT2D eigenvalue weighted by Gasteiger charge is -2.26. The summed E-state index contributed by atoms with van der Waals surface area (Å²) >= 11 is 0. The normalized spacial score (nSPS) is 10.0. The van der Waals surface area contributed by atoms with Crippen LogP contribution < -0.4 is 5.73 Å². The summed E-state index contributed by atoms with van der Waals surface area (Å²) in [5.41, 5.74) is 5.26. The second-order valence-corrected chi connectivity index (χ2v) is 2.58. The molecule has 12 heavy (non-hydrogen) atoms. The van der Waals surface area contributed by atoms with Gasteiger partial charge in [-0.2, -0.15) is 0 Å². The van der Waals surface area contributed by atoms with Gasteiger partial charge in [-0.15, -0.1) is 6.58 Å². The lowest BCUT2D eigenvalue weighted by atomic mass is 10.4. The zero-order valence-electron chi connectivity index (χ0n) is 7.79. The van der Waals surface area contributed by atoms with Crippen molar-refractivity contribution in [2.24, 2.45) is 5.73 Å². The molecule has 0 rings (SSSR count). The Morgan fingerprint density at radius 2 is 2.17 bits per heavy atom. The van der Waals surface area contributed by atoms with Crippen LogP contribution in [0.25, 0.3) is 0 Å². The summed E-state index contributed by atoms with van der Waals surface area (Å²) in [7, 11) is 3.55. The summed E-state index contributed by atoms with van der Waals surface area (Å²) in [6.07, 6.45) is 2.13. The van der Waals surface area contributed by atoms with Gasteiger partial charge in [0, 0.05) is 33.6 Å². The van der Waals surface area contributed by atoms with E-state index in [1.807, 2.05) is 7.05 Å². The van der Waals surface area contributed by atoms with Crippen molar-refractivity contribution in [2.45, 2.75) is 6.42 Å². The van der Waals surface area contributed by atoms with E-state index >= 15 is 0 Å². The Hall–Kier alpha value is -0.870. The van der Waals surface area contributed by atoms with E-state index in [1.165, 1.54) is 0 Å². The Labute approximate surface area is 73.6 Å². The van der Waals surface area contributed by atoms with Crippen molar-refractivity contribution in [3.8, 4) is 0 Å². The van der Waals surface area contributed by atoms with Gasteiger partial charge < -0.3 is 5.73 Å². The molecule has 0 saturated carbocycles. The third-order valence-corrected chi connectivity index (χ3v) is 1.62. The molecular weight excluding hydrogens is 154 g/mol. The van der Waals surface area contributed by atoms with Gasteiger partial charge in [-0.3, -0.25) is 9.80 Å². The molecule has 0 aromatic heterocycles. The van der Waals surface area contributed by atoms with E-state index < -0.39 is 0 Å². The maximum Gasteiger partial charge on any atom is 0.237 e. The van der Waals surface area contributed by atoms with Crippen molar-refractivity contribution >= 4 is 5.91 Å². The maximum absolute atomic E-state index is 11.2. The Morgan fingerprint density at radius 1 is 1.58 bits per heavy atom. The fraction of sp³-hybridized carbons (Fsp3) is 0.625. The van der Waals surface area contributed by atoms with Crippen molar-refractivity contribution < 1.29 is 4.79 Å². The van der Waals surface area contributed by atoms with Crippen LogP contribution >= 0.6 is 0 Å². The van der Waals surface area contributed by atoms with Gasteiger partial charge in [0.25, 0.3) is 0 Å². The number of carbonyl (C=O) groups excluding carboxylic acids is 1. The zero-order chi connectivity index (χ0) is 9.56. The Kier molecular flexibility index (Phi) is 5.32. The molecular formula is C8H17N3O. The van der Waals surface area contributed by atoms with Crippen molar-refractivity contribution in [3.05, 3.63) is 12.7 Å². The molecule has 0 saturated heterocycles. The van der Waals surface area contributed by atoms with Gasteiger partial charge in [0.15, 0.2) is 0 Å². The molecule has 0 aliphatic rings. The molecule has 4 nitrogen and oxygen atoms in total. The van der Waals surface area contributed by atoms with Gasteiger partial charge in [0.2, 0.25) is 5.91 Å². The van der Waals surface area contributed by atoms with Gasteiger partial charge in [-0.1, -0.05) is 6.08 Å². The summed E-state index contributed by atoms with van der Waals surface area (Å²) in [4.78, 5) is 11.2. The first-order chi connectivity index (χ1) is 5.63. The second kappa shape index (κ2) is 5.74. The molecule has 0 aliphatic heterocycles. The third-order valence-electron chi connectivity index (χ3n) is 1.62. The first kappa shape index (κ1) is 11.1. The second-order valence-electron chi connectivity index (χ2n) is 2.58. The van der Waals surface area contributed by atoms with Crippen LogP contribution in [0.15, 0.2) is 12.7 Å². The molecule has 0 fully saturated rings. The largest absolute Gasteiger partial charge is 0.330 e. The predicted octanol–water partition coefficient (Wildman–Crippen LogP) is -0.174. The van der Waals surface area contributed by atoms with Crippen LogP contribution in [-0.2, 0) is 4.79 Å². The molecule has 1 amide bonds. The molecule has 0 radical (unpaired) electrons. The van der Waals surface area contributed by atoms with Crippen LogP contribution in [0.3, 0.4) is 0 Å². The highest BCUT2D eigenvalue weighted by Crippen LogP contribution is 1.94. The number of likely N-dealkylation sites (N-methyl/N-ethyl adjacent to an activating group) is 1. The Bertz CT molecular complexity index is 158. The Balaban J connectivity index is 3.90. The minimum Gasteiger partial charge on any atom is -0.330 e. The van der Waals surface area contributed by atoms with Crippen molar-refractivity contribution in [2.75, 3.05) is 27.2 Å². The SMILES string of the molecule is C=CCN(C)N(C)C(=O)CCN. The first-order valence-electron chi connectivity index (χ1n) is 3.92. The molecule has 70 valence electrons. The fourth-order valence-corrected chi connectivity index (χ4v) is 0.785. The van der Waals surface area contributed by atoms with Gasteiger partial charge in [0.1, 0.15) is 0 Å². The molecule has 0 heterocycles. The molecule has 0 atom stereocenters. The number of hydrogen-bond donors (Lipinski definition) is 1. The van der Waals surface area contributed by atoms with E-state index in [9.17, 15) is 4.79 Å². The van der Waals surface area contributed by atoms with Gasteiger partial charge in [0.05, 0.1) is 0 Å². The highest BCUT2D eigenvalue weighted by molar-refractivity contribution is 5.75. The van der Waals surface area contributed by atoms with Crippen molar-refractivity contribution in [1.29, 1.82) is 0 Å². The molecule has 0 unspecified atom stereocenters. The minimum absolute atomic E-state index is 0.0295. The fourth-order valence-electron chi connectivity index (χ4n) is 0.785. The standard InChI is InChI=1S/C8H17N3O/c1-4-7-10(2)11(3)8(12)5-6-9/h4H,1,5-7,9H2,2-3H3. The van der Waals surface area contributed by atoms with Crippen LogP contribution in [-0.4, -0.2) is 43.1 Å². The topological polar surface area (TPSA) is 49.6 Å². The molecule has 2 N–H and O–H groups in total. The number of rotatable bonds is 5. The Morgan fingerprint density at radius 3 is 2.58 bits per heavy atom. The third kappa shape index (κ3) is 3.50. The van der Waals surface area contributed by atoms with Crippen LogP contribution in [0.5, 0.6) is 0 Å². The van der Waals surface area contributed by atoms with E-state index in [1.54, 1.807) is 23.1 Å². The lowest BCUT2D eigenvalue weighted by Crippen LogP contribution is -2.41. The van der Waals surface area contributed by atoms with Crippen molar-refractivity contribution in [3.63, 3.8) is 0 Å². The van der Waals surface area contributed by atoms with Gasteiger partial charge in [-0.05, 0) is 0 Å². The summed E-state index contributed by atoms with van der Waals surface area (Å²) in [5, 5.41) is 3.33. The quantitative estimate of drug-likeness (QED) is 0.461. The summed E-state index contributed by atoms with van der Waals surface area (Å²) < 4.78 is 0. The van der Waals surface area contributed by atoms with Crippen LogP contribution in [0.1, 0.15) is 6.42 Å².